The molecule has 176 valence electrons. The van der Waals surface area contributed by atoms with E-state index in [1.165, 1.54) is 12.1 Å². The highest BCUT2D eigenvalue weighted by Crippen LogP contribution is 2.31. The van der Waals surface area contributed by atoms with Crippen LogP contribution in [0, 0.1) is 0 Å². The lowest BCUT2D eigenvalue weighted by Crippen LogP contribution is -2.26. The number of alkyl halides is 3. The molecule has 0 aliphatic rings. The molecule has 1 amide bonds. The van der Waals surface area contributed by atoms with E-state index in [-0.39, 0.29) is 12.1 Å². The standard InChI is InChI=1S/C23H18BrClF3N5O/c24-17-13-31-33-20(12-19(32-21(17)33)16-7-1-2-8-18(16)25)29-9-4-10-30-22(34)14-5-3-6-15(11-14)23(26,27)28/h1-3,5-8,11-13,29H,4,9-10H2,(H,30,34). The summed E-state index contributed by atoms with van der Waals surface area (Å²) in [5.74, 6) is 0.115. The molecular weight excluding hydrogens is 535 g/mol. The summed E-state index contributed by atoms with van der Waals surface area (Å²) in [6.45, 7) is 0.748. The van der Waals surface area contributed by atoms with Crippen LogP contribution < -0.4 is 10.6 Å². The number of carbonyl (C=O) groups is 1. The van der Waals surface area contributed by atoms with Gasteiger partial charge in [0.2, 0.25) is 0 Å². The van der Waals surface area contributed by atoms with Crippen molar-refractivity contribution in [2.24, 2.45) is 0 Å². The van der Waals surface area contributed by atoms with Gasteiger partial charge in [-0.3, -0.25) is 4.79 Å². The van der Waals surface area contributed by atoms with Crippen LogP contribution in [0.25, 0.3) is 16.9 Å². The lowest BCUT2D eigenvalue weighted by atomic mass is 10.1. The summed E-state index contributed by atoms with van der Waals surface area (Å²) in [5, 5.41) is 10.8. The maximum absolute atomic E-state index is 12.9. The molecule has 0 bridgehead atoms. The zero-order valence-electron chi connectivity index (χ0n) is 17.5. The topological polar surface area (TPSA) is 71.3 Å². The first-order valence-corrected chi connectivity index (χ1v) is 11.4. The molecule has 6 nitrogen and oxygen atoms in total. The van der Waals surface area contributed by atoms with Crippen molar-refractivity contribution in [1.29, 1.82) is 0 Å². The van der Waals surface area contributed by atoms with Crippen molar-refractivity contribution in [2.75, 3.05) is 18.4 Å². The van der Waals surface area contributed by atoms with Crippen molar-refractivity contribution < 1.29 is 18.0 Å². The van der Waals surface area contributed by atoms with E-state index in [0.717, 1.165) is 22.2 Å². The number of nitrogens with zero attached hydrogens (tertiary/aromatic N) is 3. The molecule has 0 spiro atoms. The van der Waals surface area contributed by atoms with Crippen molar-refractivity contribution in [3.05, 3.63) is 81.4 Å². The molecule has 11 heteroatoms. The Morgan fingerprint density at radius 2 is 1.88 bits per heavy atom. The minimum Gasteiger partial charge on any atom is -0.370 e. The second-order valence-corrected chi connectivity index (χ2v) is 8.61. The second-order valence-electron chi connectivity index (χ2n) is 7.35. The summed E-state index contributed by atoms with van der Waals surface area (Å²) in [5.41, 5.74) is 1.15. The van der Waals surface area contributed by atoms with Crippen molar-refractivity contribution in [2.45, 2.75) is 12.6 Å². The van der Waals surface area contributed by atoms with Crippen molar-refractivity contribution >= 4 is 44.9 Å². The van der Waals surface area contributed by atoms with E-state index in [1.807, 2.05) is 24.3 Å². The van der Waals surface area contributed by atoms with Gasteiger partial charge in [0.25, 0.3) is 5.91 Å². The highest BCUT2D eigenvalue weighted by atomic mass is 79.9. The van der Waals surface area contributed by atoms with Gasteiger partial charge in [0.1, 0.15) is 5.82 Å². The Morgan fingerprint density at radius 3 is 2.65 bits per heavy atom. The number of halogens is 5. The molecule has 4 aromatic rings. The summed E-state index contributed by atoms with van der Waals surface area (Å²) < 4.78 is 40.9. The lowest BCUT2D eigenvalue weighted by molar-refractivity contribution is -0.137. The van der Waals surface area contributed by atoms with Crippen LogP contribution in [0.3, 0.4) is 0 Å². The molecule has 0 saturated carbocycles. The van der Waals surface area contributed by atoms with Gasteiger partial charge in [-0.05, 0) is 46.6 Å². The number of amides is 1. The molecule has 0 aliphatic carbocycles. The number of aromatic nitrogens is 3. The Labute approximate surface area is 206 Å². The molecule has 0 atom stereocenters. The first-order valence-electron chi connectivity index (χ1n) is 10.2. The fourth-order valence-corrected chi connectivity index (χ4v) is 3.90. The molecule has 0 saturated heterocycles. The van der Waals surface area contributed by atoms with Crippen LogP contribution in [0.4, 0.5) is 19.0 Å². The van der Waals surface area contributed by atoms with Crippen molar-refractivity contribution in [3.63, 3.8) is 0 Å². The first kappa shape index (κ1) is 24.0. The van der Waals surface area contributed by atoms with E-state index in [0.29, 0.717) is 35.1 Å². The van der Waals surface area contributed by atoms with Crippen molar-refractivity contribution in [3.8, 4) is 11.3 Å². The molecule has 2 aromatic carbocycles. The summed E-state index contributed by atoms with van der Waals surface area (Å²) in [6.07, 6.45) is -2.34. The number of benzene rings is 2. The molecule has 4 rings (SSSR count). The summed E-state index contributed by atoms with van der Waals surface area (Å²) in [6, 6.07) is 13.5. The fraction of sp³-hybridized carbons (Fsp3) is 0.174. The molecule has 34 heavy (non-hydrogen) atoms. The third-order valence-electron chi connectivity index (χ3n) is 4.98. The van der Waals surface area contributed by atoms with Crippen LogP contribution in [0.1, 0.15) is 22.3 Å². The van der Waals surface area contributed by atoms with Crippen LogP contribution >= 0.6 is 27.5 Å². The molecule has 0 unspecified atom stereocenters. The predicted molar refractivity (Wildman–Crippen MR) is 128 cm³/mol. The maximum Gasteiger partial charge on any atom is 0.416 e. The smallest absolute Gasteiger partial charge is 0.370 e. The van der Waals surface area contributed by atoms with Gasteiger partial charge >= 0.3 is 6.18 Å². The number of hydrogen-bond donors (Lipinski definition) is 2. The van der Waals surface area contributed by atoms with Crippen LogP contribution in [0.15, 0.2) is 65.3 Å². The Balaban J connectivity index is 1.41. The second kappa shape index (κ2) is 10.0. The van der Waals surface area contributed by atoms with Gasteiger partial charge in [-0.2, -0.15) is 22.8 Å². The molecule has 2 N–H and O–H groups in total. The number of hydrogen-bond acceptors (Lipinski definition) is 4. The maximum atomic E-state index is 12.9. The molecular formula is C23H18BrClF3N5O. The zero-order chi connectivity index (χ0) is 24.3. The number of anilines is 1. The molecule has 0 fully saturated rings. The van der Waals surface area contributed by atoms with E-state index < -0.39 is 17.6 Å². The van der Waals surface area contributed by atoms with Gasteiger partial charge in [0.15, 0.2) is 5.65 Å². The molecule has 0 radical (unpaired) electrons. The van der Waals surface area contributed by atoms with E-state index in [1.54, 1.807) is 16.8 Å². The van der Waals surface area contributed by atoms with E-state index in [9.17, 15) is 18.0 Å². The SMILES string of the molecule is O=C(NCCCNc1cc(-c2ccccc2Cl)nc2c(Br)cnn12)c1cccc(C(F)(F)F)c1. The quantitative estimate of drug-likeness (QED) is 0.273. The number of carbonyl (C=O) groups excluding carboxylic acids is 1. The Bertz CT molecular complexity index is 1340. The van der Waals surface area contributed by atoms with E-state index in [4.69, 9.17) is 11.6 Å². The average Bonchev–Trinajstić information content (AvgIpc) is 3.19. The minimum absolute atomic E-state index is 0.0376. The van der Waals surface area contributed by atoms with E-state index >= 15 is 0 Å². The highest BCUT2D eigenvalue weighted by Gasteiger charge is 2.30. The number of rotatable bonds is 7. The van der Waals surface area contributed by atoms with Crippen LogP contribution in [0.2, 0.25) is 5.02 Å². The van der Waals surface area contributed by atoms with Crippen LogP contribution in [-0.4, -0.2) is 33.6 Å². The summed E-state index contributed by atoms with van der Waals surface area (Å²) in [4.78, 5) is 16.9. The fourth-order valence-electron chi connectivity index (χ4n) is 3.31. The number of nitrogens with one attached hydrogen (secondary N) is 2. The highest BCUT2D eigenvalue weighted by molar-refractivity contribution is 9.10. The van der Waals surface area contributed by atoms with Gasteiger partial charge in [0.05, 0.1) is 21.9 Å². The Morgan fingerprint density at radius 1 is 1.09 bits per heavy atom. The molecule has 2 aromatic heterocycles. The predicted octanol–water partition coefficient (Wildman–Crippen LogP) is 6.06. The summed E-state index contributed by atoms with van der Waals surface area (Å²) >= 11 is 9.79. The Kier molecular flexibility index (Phi) is 7.08. The normalized spacial score (nSPS) is 11.6. The number of fused-ring (bicyclic) bond motifs is 1. The van der Waals surface area contributed by atoms with Gasteiger partial charge in [0, 0.05) is 35.3 Å². The van der Waals surface area contributed by atoms with Crippen LogP contribution in [-0.2, 0) is 6.18 Å². The molecule has 0 aliphatic heterocycles. The largest absolute Gasteiger partial charge is 0.416 e. The lowest BCUT2D eigenvalue weighted by Gasteiger charge is -2.12. The first-order chi connectivity index (χ1) is 16.2. The zero-order valence-corrected chi connectivity index (χ0v) is 19.9. The minimum atomic E-state index is -4.50. The van der Waals surface area contributed by atoms with Gasteiger partial charge in [-0.15, -0.1) is 0 Å². The monoisotopic (exact) mass is 551 g/mol. The van der Waals surface area contributed by atoms with Crippen LogP contribution in [0.5, 0.6) is 0 Å². The van der Waals surface area contributed by atoms with E-state index in [2.05, 4.69) is 36.6 Å². The van der Waals surface area contributed by atoms with Gasteiger partial charge in [-0.1, -0.05) is 35.9 Å². The van der Waals surface area contributed by atoms with Gasteiger partial charge in [-0.25, -0.2) is 4.98 Å². The van der Waals surface area contributed by atoms with Crippen molar-refractivity contribution in [1.82, 2.24) is 19.9 Å². The molecule has 2 heterocycles. The van der Waals surface area contributed by atoms with Gasteiger partial charge < -0.3 is 10.6 Å². The average molecular weight is 553 g/mol. The third-order valence-corrected chi connectivity index (χ3v) is 5.86. The third kappa shape index (κ3) is 5.34. The summed E-state index contributed by atoms with van der Waals surface area (Å²) in [7, 11) is 0. The Hall–Kier alpha value is -3.11.